The largest absolute Gasteiger partial charge is 0.466 e. The highest BCUT2D eigenvalue weighted by Gasteiger charge is 2.35. The molecule has 6 heteroatoms. The van der Waals surface area contributed by atoms with E-state index in [0.29, 0.717) is 23.4 Å². The summed E-state index contributed by atoms with van der Waals surface area (Å²) in [6.07, 6.45) is 1.34. The van der Waals surface area contributed by atoms with Gasteiger partial charge in [-0.2, -0.15) is 5.26 Å². The predicted molar refractivity (Wildman–Crippen MR) is 84.5 cm³/mol. The molecule has 0 radical (unpaired) electrons. The summed E-state index contributed by atoms with van der Waals surface area (Å²) in [5.41, 5.74) is 2.09. The molecule has 4 nitrogen and oxygen atoms in total. The standard InChI is InChI=1S/C18H18F2N2O2/c1-4-5-15-17(18(23)24-3)16(12(9-21)10(2)22-15)11-6-7-13(19)14(20)8-11/h6-8,16,22H,4-5H2,1-3H3. The van der Waals surface area contributed by atoms with Crippen LogP contribution in [0, 0.1) is 23.0 Å². The molecule has 2 rings (SSSR count). The van der Waals surface area contributed by atoms with Gasteiger partial charge in [-0.25, -0.2) is 13.6 Å². The number of esters is 1. The van der Waals surface area contributed by atoms with Crippen LogP contribution in [-0.4, -0.2) is 13.1 Å². The zero-order valence-electron chi connectivity index (χ0n) is 13.7. The zero-order valence-corrected chi connectivity index (χ0v) is 13.7. The Bertz CT molecular complexity index is 776. The number of hydrogen-bond donors (Lipinski definition) is 1. The summed E-state index contributed by atoms with van der Waals surface area (Å²) in [5.74, 6) is -3.40. The Kier molecular flexibility index (Phi) is 5.35. The normalized spacial score (nSPS) is 17.4. The highest BCUT2D eigenvalue weighted by Crippen LogP contribution is 2.39. The molecule has 1 heterocycles. The molecule has 0 aliphatic carbocycles. The SMILES string of the molecule is CCCC1=C(C(=O)OC)C(c2ccc(F)c(F)c2)C(C#N)=C(C)N1. The molecule has 0 saturated carbocycles. The molecule has 0 saturated heterocycles. The molecular formula is C18H18F2N2O2. The number of carbonyl (C=O) groups is 1. The maximum Gasteiger partial charge on any atom is 0.336 e. The van der Waals surface area contributed by atoms with Gasteiger partial charge in [-0.1, -0.05) is 19.4 Å². The van der Waals surface area contributed by atoms with E-state index in [1.54, 1.807) is 6.92 Å². The van der Waals surface area contributed by atoms with Crippen molar-refractivity contribution in [3.63, 3.8) is 0 Å². The van der Waals surface area contributed by atoms with Gasteiger partial charge in [0, 0.05) is 11.4 Å². The van der Waals surface area contributed by atoms with Crippen LogP contribution in [0.15, 0.2) is 40.7 Å². The number of carbonyl (C=O) groups excluding carboxylic acids is 1. The van der Waals surface area contributed by atoms with Gasteiger partial charge in [0.2, 0.25) is 0 Å². The van der Waals surface area contributed by atoms with Crippen molar-refractivity contribution in [2.45, 2.75) is 32.6 Å². The topological polar surface area (TPSA) is 62.1 Å². The lowest BCUT2D eigenvalue weighted by Gasteiger charge is -2.29. The number of allylic oxidation sites excluding steroid dienone is 3. The van der Waals surface area contributed by atoms with Crippen LogP contribution >= 0.6 is 0 Å². The summed E-state index contributed by atoms with van der Waals surface area (Å²) >= 11 is 0. The van der Waals surface area contributed by atoms with Gasteiger partial charge in [-0.3, -0.25) is 0 Å². The molecule has 1 atom stereocenters. The summed E-state index contributed by atoms with van der Waals surface area (Å²) in [6, 6.07) is 5.46. The molecule has 1 unspecified atom stereocenters. The summed E-state index contributed by atoms with van der Waals surface area (Å²) in [5, 5.41) is 12.6. The Morgan fingerprint density at radius 3 is 2.62 bits per heavy atom. The van der Waals surface area contributed by atoms with Crippen molar-refractivity contribution in [1.82, 2.24) is 5.32 Å². The number of dihydropyridines is 1. The number of hydrogen-bond acceptors (Lipinski definition) is 4. The monoisotopic (exact) mass is 332 g/mol. The van der Waals surface area contributed by atoms with Crippen LogP contribution in [0.1, 0.15) is 38.2 Å². The van der Waals surface area contributed by atoms with Gasteiger partial charge in [-0.05, 0) is 31.0 Å². The number of rotatable bonds is 4. The van der Waals surface area contributed by atoms with Crippen LogP contribution in [0.4, 0.5) is 8.78 Å². The molecule has 1 aromatic carbocycles. The second kappa shape index (κ2) is 7.26. The quantitative estimate of drug-likeness (QED) is 0.855. The Balaban J connectivity index is 2.70. The van der Waals surface area contributed by atoms with E-state index < -0.39 is 23.5 Å². The van der Waals surface area contributed by atoms with E-state index in [0.717, 1.165) is 18.6 Å². The molecule has 0 spiro atoms. The fraction of sp³-hybridized carbons (Fsp3) is 0.333. The second-order valence-electron chi connectivity index (χ2n) is 5.52. The van der Waals surface area contributed by atoms with Gasteiger partial charge in [0.1, 0.15) is 0 Å². The number of nitrogens with zero attached hydrogens (tertiary/aromatic N) is 1. The maximum absolute atomic E-state index is 13.7. The lowest BCUT2D eigenvalue weighted by Crippen LogP contribution is -2.29. The first-order valence-corrected chi connectivity index (χ1v) is 7.58. The summed E-state index contributed by atoms with van der Waals surface area (Å²) in [4.78, 5) is 12.3. The number of nitrogens with one attached hydrogen (secondary N) is 1. The number of methoxy groups -OCH3 is 1. The molecule has 1 aliphatic heterocycles. The fourth-order valence-corrected chi connectivity index (χ4v) is 2.87. The molecule has 1 aliphatic rings. The zero-order chi connectivity index (χ0) is 17.9. The summed E-state index contributed by atoms with van der Waals surface area (Å²) in [6.45, 7) is 3.67. The molecule has 126 valence electrons. The Labute approximate surface area is 139 Å². The van der Waals surface area contributed by atoms with Crippen LogP contribution in [0.2, 0.25) is 0 Å². The van der Waals surface area contributed by atoms with Gasteiger partial charge >= 0.3 is 5.97 Å². The van der Waals surface area contributed by atoms with Crippen molar-refractivity contribution in [2.75, 3.05) is 7.11 Å². The predicted octanol–water partition coefficient (Wildman–Crippen LogP) is 3.68. The number of ether oxygens (including phenoxy) is 1. The highest BCUT2D eigenvalue weighted by molar-refractivity contribution is 5.93. The molecule has 0 bridgehead atoms. The van der Waals surface area contributed by atoms with Crippen molar-refractivity contribution < 1.29 is 18.3 Å². The molecule has 24 heavy (non-hydrogen) atoms. The van der Waals surface area contributed by atoms with Gasteiger partial charge in [0.25, 0.3) is 0 Å². The maximum atomic E-state index is 13.7. The Morgan fingerprint density at radius 2 is 2.08 bits per heavy atom. The minimum atomic E-state index is -1.03. The van der Waals surface area contributed by atoms with Gasteiger partial charge < -0.3 is 10.1 Å². The second-order valence-corrected chi connectivity index (χ2v) is 5.52. The van der Waals surface area contributed by atoms with Crippen LogP contribution in [0.3, 0.4) is 0 Å². The number of benzene rings is 1. The van der Waals surface area contributed by atoms with E-state index in [1.807, 2.05) is 6.92 Å². The molecule has 0 fully saturated rings. The van der Waals surface area contributed by atoms with Crippen LogP contribution in [0.5, 0.6) is 0 Å². The van der Waals surface area contributed by atoms with E-state index in [1.165, 1.54) is 13.2 Å². The minimum Gasteiger partial charge on any atom is -0.466 e. The van der Waals surface area contributed by atoms with Crippen molar-refractivity contribution in [2.24, 2.45) is 0 Å². The van der Waals surface area contributed by atoms with Crippen molar-refractivity contribution in [3.05, 3.63) is 57.9 Å². The van der Waals surface area contributed by atoms with E-state index >= 15 is 0 Å². The third-order valence-corrected chi connectivity index (χ3v) is 3.95. The molecule has 0 aromatic heterocycles. The lowest BCUT2D eigenvalue weighted by atomic mass is 9.80. The van der Waals surface area contributed by atoms with E-state index in [-0.39, 0.29) is 11.1 Å². The van der Waals surface area contributed by atoms with Crippen LogP contribution in [0.25, 0.3) is 0 Å². The average molecular weight is 332 g/mol. The first-order valence-electron chi connectivity index (χ1n) is 7.58. The van der Waals surface area contributed by atoms with Crippen molar-refractivity contribution in [1.29, 1.82) is 5.26 Å². The highest BCUT2D eigenvalue weighted by atomic mass is 19.2. The smallest absolute Gasteiger partial charge is 0.336 e. The third kappa shape index (κ3) is 3.16. The van der Waals surface area contributed by atoms with E-state index in [2.05, 4.69) is 11.4 Å². The Hall–Kier alpha value is -2.68. The van der Waals surface area contributed by atoms with Crippen molar-refractivity contribution in [3.8, 4) is 6.07 Å². The molecule has 1 N–H and O–H groups in total. The van der Waals surface area contributed by atoms with Gasteiger partial charge in [-0.15, -0.1) is 0 Å². The average Bonchev–Trinajstić information content (AvgIpc) is 2.56. The number of halogens is 2. The van der Waals surface area contributed by atoms with Crippen molar-refractivity contribution >= 4 is 5.97 Å². The summed E-state index contributed by atoms with van der Waals surface area (Å²) in [7, 11) is 1.25. The van der Waals surface area contributed by atoms with E-state index in [4.69, 9.17) is 4.74 Å². The molecular weight excluding hydrogens is 314 g/mol. The lowest BCUT2D eigenvalue weighted by molar-refractivity contribution is -0.136. The molecule has 1 aromatic rings. The number of nitriles is 1. The Morgan fingerprint density at radius 1 is 1.38 bits per heavy atom. The van der Waals surface area contributed by atoms with Crippen LogP contribution < -0.4 is 5.32 Å². The first-order chi connectivity index (χ1) is 11.4. The molecule has 0 amide bonds. The third-order valence-electron chi connectivity index (χ3n) is 3.95. The van der Waals surface area contributed by atoms with E-state index in [9.17, 15) is 18.8 Å². The van der Waals surface area contributed by atoms with Gasteiger partial charge in [0.15, 0.2) is 11.6 Å². The fourth-order valence-electron chi connectivity index (χ4n) is 2.87. The van der Waals surface area contributed by atoms with Crippen LogP contribution in [-0.2, 0) is 9.53 Å². The van der Waals surface area contributed by atoms with Gasteiger partial charge in [0.05, 0.1) is 30.2 Å². The first kappa shape index (κ1) is 17.7. The minimum absolute atomic E-state index is 0.257. The summed E-state index contributed by atoms with van der Waals surface area (Å²) < 4.78 is 31.8.